The number of amides is 1. The molecule has 2 aromatic rings. The number of carbonyl (C=O) groups is 1. The van der Waals surface area contributed by atoms with Gasteiger partial charge in [-0.1, -0.05) is 30.3 Å². The third-order valence-corrected chi connectivity index (χ3v) is 3.38. The minimum Gasteiger partial charge on any atom is -0.332 e. The molecule has 2 N–H and O–H groups in total. The number of aromatic nitrogens is 3. The van der Waals surface area contributed by atoms with Crippen molar-refractivity contribution in [3.63, 3.8) is 0 Å². The standard InChI is InChI=1S/C13H15N5O/c14-12(10-4-2-1-3-5-10)13(19)17-6-7-18-9-15-16-11(18)8-17/h1-5,9,12H,6-8,14H2. The minimum atomic E-state index is -0.615. The largest absolute Gasteiger partial charge is 0.332 e. The van der Waals surface area contributed by atoms with Crippen LogP contribution in [-0.2, 0) is 17.9 Å². The first-order valence-electron chi connectivity index (χ1n) is 6.21. The maximum atomic E-state index is 12.4. The Morgan fingerprint density at radius 3 is 2.84 bits per heavy atom. The van der Waals surface area contributed by atoms with Crippen molar-refractivity contribution in [2.45, 2.75) is 19.1 Å². The summed E-state index contributed by atoms with van der Waals surface area (Å²) in [6, 6.07) is 8.80. The monoisotopic (exact) mass is 257 g/mol. The van der Waals surface area contributed by atoms with E-state index < -0.39 is 6.04 Å². The predicted octanol–water partition coefficient (Wildman–Crippen LogP) is 0.320. The van der Waals surface area contributed by atoms with Gasteiger partial charge in [0.25, 0.3) is 0 Å². The van der Waals surface area contributed by atoms with E-state index in [2.05, 4.69) is 10.2 Å². The van der Waals surface area contributed by atoms with Crippen LogP contribution < -0.4 is 5.73 Å². The van der Waals surface area contributed by atoms with Crippen molar-refractivity contribution in [1.29, 1.82) is 0 Å². The van der Waals surface area contributed by atoms with Crippen molar-refractivity contribution < 1.29 is 4.79 Å². The number of nitrogens with two attached hydrogens (primary N) is 1. The van der Waals surface area contributed by atoms with Crippen molar-refractivity contribution >= 4 is 5.91 Å². The number of fused-ring (bicyclic) bond motifs is 1. The van der Waals surface area contributed by atoms with Crippen LogP contribution in [0, 0.1) is 0 Å². The highest BCUT2D eigenvalue weighted by atomic mass is 16.2. The molecule has 0 saturated heterocycles. The van der Waals surface area contributed by atoms with E-state index in [-0.39, 0.29) is 5.91 Å². The number of nitrogens with zero attached hydrogens (tertiary/aromatic N) is 4. The summed E-state index contributed by atoms with van der Waals surface area (Å²) in [6.07, 6.45) is 1.69. The molecule has 1 amide bonds. The smallest absolute Gasteiger partial charge is 0.244 e. The van der Waals surface area contributed by atoms with Gasteiger partial charge in [-0.05, 0) is 5.56 Å². The Labute approximate surface area is 110 Å². The summed E-state index contributed by atoms with van der Waals surface area (Å²) >= 11 is 0. The number of rotatable bonds is 2. The molecule has 2 heterocycles. The van der Waals surface area contributed by atoms with Crippen LogP contribution in [-0.4, -0.2) is 32.1 Å². The second-order valence-corrected chi connectivity index (χ2v) is 4.59. The molecule has 0 fully saturated rings. The van der Waals surface area contributed by atoms with Crippen LogP contribution >= 0.6 is 0 Å². The average Bonchev–Trinajstić information content (AvgIpc) is 2.94. The van der Waals surface area contributed by atoms with E-state index in [1.54, 1.807) is 11.2 Å². The lowest BCUT2D eigenvalue weighted by molar-refractivity contribution is -0.134. The molecule has 1 unspecified atom stereocenters. The number of hydrogen-bond donors (Lipinski definition) is 1. The highest BCUT2D eigenvalue weighted by Gasteiger charge is 2.26. The van der Waals surface area contributed by atoms with Crippen molar-refractivity contribution in [2.24, 2.45) is 5.73 Å². The number of carbonyl (C=O) groups excluding carboxylic acids is 1. The first kappa shape index (κ1) is 11.9. The van der Waals surface area contributed by atoms with Gasteiger partial charge in [0, 0.05) is 13.1 Å². The molecule has 1 atom stereocenters. The molecule has 0 aliphatic carbocycles. The van der Waals surface area contributed by atoms with Crippen LogP contribution in [0.15, 0.2) is 36.7 Å². The van der Waals surface area contributed by atoms with Crippen molar-refractivity contribution in [1.82, 2.24) is 19.7 Å². The minimum absolute atomic E-state index is 0.0690. The third kappa shape index (κ3) is 2.22. The summed E-state index contributed by atoms with van der Waals surface area (Å²) in [6.45, 7) is 1.83. The molecule has 1 aliphatic heterocycles. The van der Waals surface area contributed by atoms with Gasteiger partial charge in [0.1, 0.15) is 12.4 Å². The Morgan fingerprint density at radius 2 is 2.05 bits per heavy atom. The Balaban J connectivity index is 1.75. The van der Waals surface area contributed by atoms with E-state index >= 15 is 0 Å². The van der Waals surface area contributed by atoms with Gasteiger partial charge in [-0.15, -0.1) is 10.2 Å². The average molecular weight is 257 g/mol. The van der Waals surface area contributed by atoms with Gasteiger partial charge in [0.05, 0.1) is 6.54 Å². The van der Waals surface area contributed by atoms with Gasteiger partial charge in [0.2, 0.25) is 5.91 Å². The number of hydrogen-bond acceptors (Lipinski definition) is 4. The number of benzene rings is 1. The van der Waals surface area contributed by atoms with Crippen LogP contribution in [0.2, 0.25) is 0 Å². The molecule has 19 heavy (non-hydrogen) atoms. The van der Waals surface area contributed by atoms with E-state index in [1.165, 1.54) is 0 Å². The second kappa shape index (κ2) is 4.81. The molecule has 3 rings (SSSR count). The Hall–Kier alpha value is -2.21. The maximum Gasteiger partial charge on any atom is 0.244 e. The zero-order valence-corrected chi connectivity index (χ0v) is 10.4. The summed E-state index contributed by atoms with van der Waals surface area (Å²) in [5.41, 5.74) is 6.86. The topological polar surface area (TPSA) is 77.0 Å². The first-order chi connectivity index (χ1) is 9.25. The van der Waals surface area contributed by atoms with Crippen molar-refractivity contribution in [3.05, 3.63) is 48.0 Å². The van der Waals surface area contributed by atoms with E-state index in [4.69, 9.17) is 5.73 Å². The van der Waals surface area contributed by atoms with Crippen LogP contribution in [0.3, 0.4) is 0 Å². The summed E-state index contributed by atoms with van der Waals surface area (Å²) in [5, 5.41) is 7.84. The molecule has 1 aliphatic rings. The molecule has 6 nitrogen and oxygen atoms in total. The molecule has 0 saturated carbocycles. The molecule has 0 radical (unpaired) electrons. The summed E-state index contributed by atoms with van der Waals surface area (Å²) in [4.78, 5) is 14.1. The molecular formula is C13H15N5O. The molecular weight excluding hydrogens is 242 g/mol. The van der Waals surface area contributed by atoms with E-state index in [0.29, 0.717) is 13.1 Å². The first-order valence-corrected chi connectivity index (χ1v) is 6.21. The highest BCUT2D eigenvalue weighted by Crippen LogP contribution is 2.16. The van der Waals surface area contributed by atoms with Gasteiger partial charge in [-0.25, -0.2) is 0 Å². The van der Waals surface area contributed by atoms with Gasteiger partial charge in [-0.2, -0.15) is 0 Å². The SMILES string of the molecule is NC(C(=O)N1CCn2cnnc2C1)c1ccccc1. The quantitative estimate of drug-likeness (QED) is 0.840. The van der Waals surface area contributed by atoms with Crippen LogP contribution in [0.4, 0.5) is 0 Å². The fraction of sp³-hybridized carbons (Fsp3) is 0.308. The van der Waals surface area contributed by atoms with Crippen molar-refractivity contribution in [3.8, 4) is 0 Å². The Kier molecular flexibility index (Phi) is 3.00. The molecule has 1 aromatic heterocycles. The summed E-state index contributed by atoms with van der Waals surface area (Å²) in [5.74, 6) is 0.736. The van der Waals surface area contributed by atoms with Gasteiger partial charge >= 0.3 is 0 Å². The van der Waals surface area contributed by atoms with Gasteiger partial charge in [-0.3, -0.25) is 4.79 Å². The fourth-order valence-corrected chi connectivity index (χ4v) is 2.25. The normalized spacial score (nSPS) is 15.9. The van der Waals surface area contributed by atoms with E-state index in [9.17, 15) is 4.79 Å². The molecule has 0 spiro atoms. The van der Waals surface area contributed by atoms with Crippen LogP contribution in [0.25, 0.3) is 0 Å². The van der Waals surface area contributed by atoms with Crippen LogP contribution in [0.5, 0.6) is 0 Å². The van der Waals surface area contributed by atoms with Crippen LogP contribution in [0.1, 0.15) is 17.4 Å². The maximum absolute atomic E-state index is 12.4. The Morgan fingerprint density at radius 1 is 1.26 bits per heavy atom. The molecule has 1 aromatic carbocycles. The Bertz CT molecular complexity index is 580. The summed E-state index contributed by atoms with van der Waals surface area (Å²) < 4.78 is 1.96. The van der Waals surface area contributed by atoms with Crippen molar-refractivity contribution in [2.75, 3.05) is 6.54 Å². The van der Waals surface area contributed by atoms with E-state index in [0.717, 1.165) is 17.9 Å². The van der Waals surface area contributed by atoms with E-state index in [1.807, 2.05) is 34.9 Å². The highest BCUT2D eigenvalue weighted by molar-refractivity contribution is 5.83. The summed E-state index contributed by atoms with van der Waals surface area (Å²) in [7, 11) is 0. The van der Waals surface area contributed by atoms with Gasteiger partial charge in [0.15, 0.2) is 5.82 Å². The molecule has 6 heteroatoms. The molecule has 0 bridgehead atoms. The lowest BCUT2D eigenvalue weighted by Gasteiger charge is -2.29. The third-order valence-electron chi connectivity index (χ3n) is 3.38. The predicted molar refractivity (Wildman–Crippen MR) is 68.8 cm³/mol. The molecule has 98 valence electrons. The van der Waals surface area contributed by atoms with Gasteiger partial charge < -0.3 is 15.2 Å². The lowest BCUT2D eigenvalue weighted by Crippen LogP contribution is -2.43. The second-order valence-electron chi connectivity index (χ2n) is 4.59. The lowest BCUT2D eigenvalue weighted by atomic mass is 10.1. The fourth-order valence-electron chi connectivity index (χ4n) is 2.25. The zero-order valence-electron chi connectivity index (χ0n) is 10.4. The zero-order chi connectivity index (χ0) is 13.2.